The van der Waals surface area contributed by atoms with E-state index in [1.165, 1.54) is 5.56 Å². The van der Waals surface area contributed by atoms with Crippen molar-refractivity contribution in [3.63, 3.8) is 0 Å². The third-order valence-electron chi connectivity index (χ3n) is 2.97. The smallest absolute Gasteiger partial charge is 0.123 e. The fourth-order valence-electron chi connectivity index (χ4n) is 2.27. The zero-order chi connectivity index (χ0) is 11.1. The van der Waals surface area contributed by atoms with Crippen LogP contribution in [0.25, 0.3) is 0 Å². The highest BCUT2D eigenvalue weighted by molar-refractivity contribution is 9.09. The first-order valence-corrected chi connectivity index (χ1v) is 6.33. The highest BCUT2D eigenvalue weighted by Crippen LogP contribution is 2.43. The maximum atomic E-state index is 5.98. The topological polar surface area (TPSA) is 9.23 Å². The third kappa shape index (κ3) is 2.20. The minimum Gasteiger partial charge on any atom is -0.488 e. The molecule has 0 saturated carbocycles. The number of alkyl halides is 1. The summed E-state index contributed by atoms with van der Waals surface area (Å²) < 4.78 is 5.98. The van der Waals surface area contributed by atoms with Crippen LogP contribution < -0.4 is 4.74 Å². The molecule has 2 atom stereocenters. The summed E-state index contributed by atoms with van der Waals surface area (Å²) in [4.78, 5) is 0.488. The van der Waals surface area contributed by atoms with Gasteiger partial charge in [-0.15, -0.1) is 0 Å². The van der Waals surface area contributed by atoms with E-state index in [0.29, 0.717) is 10.7 Å². The van der Waals surface area contributed by atoms with Gasteiger partial charge in [0, 0.05) is 10.7 Å². The first-order chi connectivity index (χ1) is 6.99. The van der Waals surface area contributed by atoms with Gasteiger partial charge in [-0.05, 0) is 31.9 Å². The summed E-state index contributed by atoms with van der Waals surface area (Å²) in [6.45, 7) is 6.53. The number of ether oxygens (including phenoxy) is 1. The van der Waals surface area contributed by atoms with Crippen molar-refractivity contribution in [1.29, 1.82) is 0 Å². The number of rotatable bonds is 1. The molecular weight excluding hydrogens is 252 g/mol. The van der Waals surface area contributed by atoms with Crippen molar-refractivity contribution in [3.8, 4) is 5.75 Å². The average Bonchev–Trinajstić information content (AvgIpc) is 2.14. The van der Waals surface area contributed by atoms with Gasteiger partial charge in [0.2, 0.25) is 0 Å². The van der Waals surface area contributed by atoms with Crippen LogP contribution in [0.3, 0.4) is 0 Å². The predicted molar refractivity (Wildman–Crippen MR) is 66.9 cm³/mol. The maximum absolute atomic E-state index is 5.98. The number of benzene rings is 1. The molecule has 2 heteroatoms. The van der Waals surface area contributed by atoms with E-state index >= 15 is 0 Å². The Kier molecular flexibility index (Phi) is 2.80. The number of hydrogen-bond acceptors (Lipinski definition) is 1. The van der Waals surface area contributed by atoms with Crippen molar-refractivity contribution in [2.24, 2.45) is 0 Å². The fourth-order valence-corrected chi connectivity index (χ4v) is 2.74. The maximum Gasteiger partial charge on any atom is 0.123 e. The van der Waals surface area contributed by atoms with Crippen molar-refractivity contribution < 1.29 is 4.74 Å². The van der Waals surface area contributed by atoms with E-state index < -0.39 is 0 Å². The molecule has 0 fully saturated rings. The lowest BCUT2D eigenvalue weighted by Gasteiger charge is -2.38. The molecule has 0 amide bonds. The average molecular weight is 269 g/mol. The normalized spacial score (nSPS) is 25.2. The van der Waals surface area contributed by atoms with Gasteiger partial charge in [-0.3, -0.25) is 0 Å². The predicted octanol–water partition coefficient (Wildman–Crippen LogP) is 4.11. The molecule has 1 aromatic rings. The van der Waals surface area contributed by atoms with Gasteiger partial charge in [0.05, 0.1) is 0 Å². The lowest BCUT2D eigenvalue weighted by atomic mass is 9.83. The minimum absolute atomic E-state index is 0.0545. The lowest BCUT2D eigenvalue weighted by molar-refractivity contribution is 0.0723. The van der Waals surface area contributed by atoms with Crippen LogP contribution in [0.4, 0.5) is 0 Å². The van der Waals surface area contributed by atoms with Crippen molar-refractivity contribution in [3.05, 3.63) is 29.8 Å². The zero-order valence-corrected chi connectivity index (χ0v) is 11.0. The quantitative estimate of drug-likeness (QED) is 0.697. The van der Waals surface area contributed by atoms with Gasteiger partial charge >= 0.3 is 0 Å². The van der Waals surface area contributed by atoms with Crippen LogP contribution in [-0.2, 0) is 0 Å². The number of para-hydroxylation sites is 1. The molecule has 1 aromatic carbocycles. The van der Waals surface area contributed by atoms with Gasteiger partial charge in [0.25, 0.3) is 0 Å². The van der Waals surface area contributed by atoms with Crippen LogP contribution in [-0.4, -0.2) is 10.4 Å². The summed E-state index contributed by atoms with van der Waals surface area (Å²) in [6.07, 6.45) is 1.07. The van der Waals surface area contributed by atoms with E-state index in [0.717, 1.165) is 12.2 Å². The molecule has 1 aliphatic heterocycles. The monoisotopic (exact) mass is 268 g/mol. The molecular formula is C13H17BrO. The summed E-state index contributed by atoms with van der Waals surface area (Å²) in [6, 6.07) is 8.37. The number of hydrogen-bond donors (Lipinski definition) is 0. The summed E-state index contributed by atoms with van der Waals surface area (Å²) >= 11 is 3.70. The van der Waals surface area contributed by atoms with Crippen LogP contribution in [0.2, 0.25) is 0 Å². The second kappa shape index (κ2) is 3.82. The number of halogens is 1. The molecule has 0 saturated heterocycles. The Morgan fingerprint density at radius 2 is 2.07 bits per heavy atom. The summed E-state index contributed by atoms with van der Waals surface area (Å²) in [7, 11) is 0. The Hall–Kier alpha value is -0.500. The molecule has 82 valence electrons. The minimum atomic E-state index is -0.0545. The SMILES string of the molecule is CC(Br)C1CC(C)(C)Oc2ccccc21. The first kappa shape index (κ1) is 11.0. The van der Waals surface area contributed by atoms with Gasteiger partial charge in [-0.1, -0.05) is 41.1 Å². The van der Waals surface area contributed by atoms with Gasteiger partial charge in [-0.2, -0.15) is 0 Å². The second-order valence-electron chi connectivity index (χ2n) is 4.89. The molecule has 1 nitrogen and oxygen atoms in total. The van der Waals surface area contributed by atoms with Crippen molar-refractivity contribution >= 4 is 15.9 Å². The Morgan fingerprint density at radius 1 is 1.40 bits per heavy atom. The van der Waals surface area contributed by atoms with E-state index in [1.54, 1.807) is 0 Å². The van der Waals surface area contributed by atoms with Crippen LogP contribution in [0, 0.1) is 0 Å². The van der Waals surface area contributed by atoms with Crippen molar-refractivity contribution in [2.45, 2.75) is 43.5 Å². The molecule has 2 unspecified atom stereocenters. The fraction of sp³-hybridized carbons (Fsp3) is 0.538. The Labute approximate surface area is 100.0 Å². The standard InChI is InChI=1S/C13H17BrO/c1-9(14)11-8-13(2,3)15-12-7-5-4-6-10(11)12/h4-7,9,11H,8H2,1-3H3. The van der Waals surface area contributed by atoms with Crippen molar-refractivity contribution in [2.75, 3.05) is 0 Å². The molecule has 0 radical (unpaired) electrons. The Bertz CT molecular complexity index is 357. The third-order valence-corrected chi connectivity index (χ3v) is 3.61. The number of fused-ring (bicyclic) bond motifs is 1. The Balaban J connectivity index is 2.43. The van der Waals surface area contributed by atoms with Gasteiger partial charge in [0.1, 0.15) is 11.4 Å². The molecule has 1 aliphatic rings. The van der Waals surface area contributed by atoms with Crippen LogP contribution in [0.5, 0.6) is 5.75 Å². The molecule has 0 aliphatic carbocycles. The molecule has 0 aromatic heterocycles. The summed E-state index contributed by atoms with van der Waals surface area (Å²) in [5.74, 6) is 1.59. The lowest BCUT2D eigenvalue weighted by Crippen LogP contribution is -2.36. The van der Waals surface area contributed by atoms with E-state index in [2.05, 4.69) is 54.9 Å². The molecule has 0 N–H and O–H groups in total. The van der Waals surface area contributed by atoms with E-state index in [1.807, 2.05) is 6.07 Å². The molecule has 0 bridgehead atoms. The van der Waals surface area contributed by atoms with Crippen LogP contribution in [0.15, 0.2) is 24.3 Å². The van der Waals surface area contributed by atoms with Crippen molar-refractivity contribution in [1.82, 2.24) is 0 Å². The zero-order valence-electron chi connectivity index (χ0n) is 9.46. The van der Waals surface area contributed by atoms with E-state index in [-0.39, 0.29) is 5.60 Å². The molecule has 2 rings (SSSR count). The van der Waals surface area contributed by atoms with E-state index in [9.17, 15) is 0 Å². The molecule has 1 heterocycles. The van der Waals surface area contributed by atoms with Crippen LogP contribution in [0.1, 0.15) is 38.7 Å². The summed E-state index contributed by atoms with van der Waals surface area (Å²) in [5.41, 5.74) is 1.28. The molecule has 15 heavy (non-hydrogen) atoms. The highest BCUT2D eigenvalue weighted by Gasteiger charge is 2.35. The first-order valence-electron chi connectivity index (χ1n) is 5.41. The summed E-state index contributed by atoms with van der Waals surface area (Å²) in [5, 5.41) is 0. The Morgan fingerprint density at radius 3 is 2.73 bits per heavy atom. The van der Waals surface area contributed by atoms with Gasteiger partial charge < -0.3 is 4.74 Å². The van der Waals surface area contributed by atoms with Gasteiger partial charge in [-0.25, -0.2) is 0 Å². The molecule has 0 spiro atoms. The van der Waals surface area contributed by atoms with E-state index in [4.69, 9.17) is 4.74 Å². The largest absolute Gasteiger partial charge is 0.488 e. The van der Waals surface area contributed by atoms with Crippen LogP contribution >= 0.6 is 15.9 Å². The second-order valence-corrected chi connectivity index (χ2v) is 6.33. The van der Waals surface area contributed by atoms with Gasteiger partial charge in [0.15, 0.2) is 0 Å². The highest BCUT2D eigenvalue weighted by atomic mass is 79.9.